The van der Waals surface area contributed by atoms with Gasteiger partial charge < -0.3 is 14.1 Å². The Bertz CT molecular complexity index is 1300. The molecular weight excluding hydrogens is 402 g/mol. The average molecular weight is 423 g/mol. The average Bonchev–Trinajstić information content (AvgIpc) is 3.35. The van der Waals surface area contributed by atoms with Crippen LogP contribution < -0.4 is 19.8 Å². The summed E-state index contributed by atoms with van der Waals surface area (Å²) >= 11 is 1.28. The van der Waals surface area contributed by atoms with Gasteiger partial charge in [-0.25, -0.2) is 9.79 Å². The van der Waals surface area contributed by atoms with Crippen LogP contribution in [-0.4, -0.2) is 31.7 Å². The quantitative estimate of drug-likeness (QED) is 0.601. The number of thiazole rings is 1. The zero-order valence-electron chi connectivity index (χ0n) is 17.1. The molecule has 1 atom stereocenters. The van der Waals surface area contributed by atoms with E-state index in [0.717, 1.165) is 16.8 Å². The first-order valence-corrected chi connectivity index (χ1v) is 10.1. The van der Waals surface area contributed by atoms with E-state index in [9.17, 15) is 9.59 Å². The molecular formula is C22H21N3O4S. The summed E-state index contributed by atoms with van der Waals surface area (Å²) in [4.78, 5) is 33.0. The van der Waals surface area contributed by atoms with E-state index in [1.54, 1.807) is 36.2 Å². The highest BCUT2D eigenvalue weighted by molar-refractivity contribution is 7.07. The molecule has 0 amide bonds. The molecule has 30 heavy (non-hydrogen) atoms. The lowest BCUT2D eigenvalue weighted by Gasteiger charge is -2.25. The molecule has 0 radical (unpaired) electrons. The van der Waals surface area contributed by atoms with Crippen LogP contribution in [0.15, 0.2) is 68.3 Å². The third-order valence-corrected chi connectivity index (χ3v) is 5.98. The van der Waals surface area contributed by atoms with Gasteiger partial charge in [-0.15, -0.1) is 0 Å². The number of furan rings is 1. The van der Waals surface area contributed by atoms with Crippen LogP contribution in [0.5, 0.6) is 0 Å². The molecule has 0 spiro atoms. The van der Waals surface area contributed by atoms with Gasteiger partial charge >= 0.3 is 5.97 Å². The van der Waals surface area contributed by atoms with E-state index in [1.807, 2.05) is 43.3 Å². The third-order valence-electron chi connectivity index (χ3n) is 4.99. The Hall–Kier alpha value is -3.39. The predicted molar refractivity (Wildman–Crippen MR) is 115 cm³/mol. The molecule has 1 aromatic carbocycles. The summed E-state index contributed by atoms with van der Waals surface area (Å²) in [5.74, 6) is -0.498. The fourth-order valence-corrected chi connectivity index (χ4v) is 4.52. The lowest BCUT2D eigenvalue weighted by molar-refractivity contribution is -0.136. The van der Waals surface area contributed by atoms with E-state index in [2.05, 4.69) is 4.99 Å². The number of rotatable bonds is 4. The molecule has 0 bridgehead atoms. The number of hydrogen-bond donors (Lipinski definition) is 0. The minimum Gasteiger partial charge on any atom is -0.472 e. The predicted octanol–water partition coefficient (Wildman–Crippen LogP) is 2.07. The van der Waals surface area contributed by atoms with E-state index in [4.69, 9.17) is 9.15 Å². The maximum absolute atomic E-state index is 13.3. The van der Waals surface area contributed by atoms with Crippen molar-refractivity contribution in [1.29, 1.82) is 0 Å². The molecule has 3 aromatic rings. The molecule has 0 saturated heterocycles. The Kier molecular flexibility index (Phi) is 5.17. The number of fused-ring (bicyclic) bond motifs is 1. The highest BCUT2D eigenvalue weighted by Crippen LogP contribution is 2.31. The number of nitrogens with zero attached hydrogens (tertiary/aromatic N) is 3. The standard InChI is InChI=1S/C22H21N3O4S/c1-13-18(21(27)28-4)19(15-5-7-16(8-6-15)24(2)3)25-20(26)17(30-22(25)23-13)11-14-9-10-29-12-14/h5-12,19H,1-4H3/b17-11-. The Labute approximate surface area is 176 Å². The molecule has 1 aliphatic rings. The van der Waals surface area contributed by atoms with Gasteiger partial charge in [0.05, 0.1) is 41.5 Å². The molecule has 1 unspecified atom stereocenters. The molecule has 1 aliphatic heterocycles. The molecule has 2 aromatic heterocycles. The van der Waals surface area contributed by atoms with Crippen LogP contribution in [0.4, 0.5) is 5.69 Å². The summed E-state index contributed by atoms with van der Waals surface area (Å²) in [6.07, 6.45) is 4.88. The number of hydrogen-bond acceptors (Lipinski definition) is 7. The zero-order valence-corrected chi connectivity index (χ0v) is 17.9. The van der Waals surface area contributed by atoms with Crippen molar-refractivity contribution in [3.63, 3.8) is 0 Å². The van der Waals surface area contributed by atoms with Crippen LogP contribution in [0.1, 0.15) is 24.1 Å². The molecule has 3 heterocycles. The van der Waals surface area contributed by atoms with Gasteiger partial charge in [0.15, 0.2) is 4.80 Å². The molecule has 0 aliphatic carbocycles. The minimum absolute atomic E-state index is 0.212. The van der Waals surface area contributed by atoms with Crippen molar-refractivity contribution in [2.75, 3.05) is 26.1 Å². The summed E-state index contributed by atoms with van der Waals surface area (Å²) in [5, 5.41) is 0. The van der Waals surface area contributed by atoms with Gasteiger partial charge in [0.25, 0.3) is 5.56 Å². The Morgan fingerprint density at radius 3 is 2.60 bits per heavy atom. The van der Waals surface area contributed by atoms with Crippen molar-refractivity contribution in [3.05, 3.63) is 84.9 Å². The highest BCUT2D eigenvalue weighted by Gasteiger charge is 2.33. The molecule has 0 N–H and O–H groups in total. The van der Waals surface area contributed by atoms with Crippen LogP contribution in [0.25, 0.3) is 6.08 Å². The van der Waals surface area contributed by atoms with E-state index >= 15 is 0 Å². The first kappa shape index (κ1) is 19.9. The van der Waals surface area contributed by atoms with Crippen molar-refractivity contribution in [2.45, 2.75) is 13.0 Å². The van der Waals surface area contributed by atoms with Gasteiger partial charge in [0.2, 0.25) is 0 Å². The smallest absolute Gasteiger partial charge is 0.338 e. The van der Waals surface area contributed by atoms with E-state index < -0.39 is 12.0 Å². The summed E-state index contributed by atoms with van der Waals surface area (Å²) in [6, 6.07) is 8.93. The zero-order chi connectivity index (χ0) is 21.4. The van der Waals surface area contributed by atoms with Gasteiger partial charge in [0.1, 0.15) is 0 Å². The number of anilines is 1. The topological polar surface area (TPSA) is 77.0 Å². The number of methoxy groups -OCH3 is 1. The highest BCUT2D eigenvalue weighted by atomic mass is 32.1. The van der Waals surface area contributed by atoms with Crippen molar-refractivity contribution in [2.24, 2.45) is 4.99 Å². The lowest BCUT2D eigenvalue weighted by Crippen LogP contribution is -2.39. The molecule has 8 heteroatoms. The van der Waals surface area contributed by atoms with E-state index in [0.29, 0.717) is 20.6 Å². The maximum Gasteiger partial charge on any atom is 0.338 e. The van der Waals surface area contributed by atoms with Crippen LogP contribution in [0.3, 0.4) is 0 Å². The normalized spacial score (nSPS) is 16.3. The van der Waals surface area contributed by atoms with Crippen molar-refractivity contribution < 1.29 is 13.9 Å². The Balaban J connectivity index is 1.95. The van der Waals surface area contributed by atoms with E-state index in [-0.39, 0.29) is 5.56 Å². The molecule has 0 saturated carbocycles. The number of allylic oxidation sites excluding steroid dienone is 1. The van der Waals surface area contributed by atoms with Crippen molar-refractivity contribution in [3.8, 4) is 0 Å². The summed E-state index contributed by atoms with van der Waals surface area (Å²) < 4.78 is 12.2. The number of aromatic nitrogens is 1. The molecule has 0 fully saturated rings. The first-order chi connectivity index (χ1) is 14.4. The number of esters is 1. The van der Waals surface area contributed by atoms with Crippen LogP contribution >= 0.6 is 11.3 Å². The van der Waals surface area contributed by atoms with Gasteiger partial charge in [-0.2, -0.15) is 0 Å². The second kappa shape index (κ2) is 7.79. The molecule has 7 nitrogen and oxygen atoms in total. The van der Waals surface area contributed by atoms with Gasteiger partial charge in [-0.3, -0.25) is 9.36 Å². The SMILES string of the molecule is COC(=O)C1=C(C)N=c2s/c(=C\c3ccoc3)c(=O)n2C1c1ccc(N(C)C)cc1. The number of carbonyl (C=O) groups excluding carboxylic acids is 1. The largest absolute Gasteiger partial charge is 0.472 e. The van der Waals surface area contributed by atoms with Crippen LogP contribution in [0.2, 0.25) is 0 Å². The second-order valence-corrected chi connectivity index (χ2v) is 8.13. The summed E-state index contributed by atoms with van der Waals surface area (Å²) in [7, 11) is 5.24. The van der Waals surface area contributed by atoms with Crippen molar-refractivity contribution >= 4 is 29.1 Å². The Morgan fingerprint density at radius 2 is 2.00 bits per heavy atom. The monoisotopic (exact) mass is 423 g/mol. The van der Waals surface area contributed by atoms with Gasteiger partial charge in [0, 0.05) is 25.3 Å². The fourth-order valence-electron chi connectivity index (χ4n) is 3.47. The number of benzene rings is 1. The van der Waals surface area contributed by atoms with Gasteiger partial charge in [-0.05, 0) is 36.8 Å². The van der Waals surface area contributed by atoms with Crippen LogP contribution in [0, 0.1) is 0 Å². The summed E-state index contributed by atoms with van der Waals surface area (Å²) in [5.41, 5.74) is 3.31. The van der Waals surface area contributed by atoms with E-state index in [1.165, 1.54) is 18.4 Å². The fraction of sp³-hybridized carbons (Fsp3) is 0.227. The summed E-state index contributed by atoms with van der Waals surface area (Å²) in [6.45, 7) is 1.76. The third kappa shape index (κ3) is 3.39. The Morgan fingerprint density at radius 1 is 1.27 bits per heavy atom. The molecule has 154 valence electrons. The minimum atomic E-state index is -0.614. The first-order valence-electron chi connectivity index (χ1n) is 9.31. The maximum atomic E-state index is 13.3. The number of ether oxygens (including phenoxy) is 1. The van der Waals surface area contributed by atoms with Crippen LogP contribution in [-0.2, 0) is 9.53 Å². The second-order valence-electron chi connectivity index (χ2n) is 7.12. The van der Waals surface area contributed by atoms with Crippen molar-refractivity contribution in [1.82, 2.24) is 4.57 Å². The van der Waals surface area contributed by atoms with Gasteiger partial charge in [-0.1, -0.05) is 23.5 Å². The number of carbonyl (C=O) groups is 1. The molecule has 4 rings (SSSR count). The lowest BCUT2D eigenvalue weighted by atomic mass is 9.95.